The van der Waals surface area contributed by atoms with E-state index in [0.717, 1.165) is 37.1 Å². The third-order valence-corrected chi connectivity index (χ3v) is 4.68. The van der Waals surface area contributed by atoms with E-state index in [1.165, 1.54) is 5.56 Å². The van der Waals surface area contributed by atoms with Gasteiger partial charge in [0.15, 0.2) is 0 Å². The minimum absolute atomic E-state index is 0.0106. The van der Waals surface area contributed by atoms with Gasteiger partial charge in [-0.3, -0.25) is 9.48 Å². The van der Waals surface area contributed by atoms with Crippen molar-refractivity contribution >= 4 is 5.91 Å². The number of nitrogens with one attached hydrogen (secondary N) is 1. The van der Waals surface area contributed by atoms with E-state index < -0.39 is 0 Å². The Labute approximate surface area is 126 Å². The van der Waals surface area contributed by atoms with Crippen molar-refractivity contribution in [2.45, 2.75) is 72.1 Å². The third kappa shape index (κ3) is 3.46. The lowest BCUT2D eigenvalue weighted by Gasteiger charge is -2.37. The van der Waals surface area contributed by atoms with E-state index in [2.05, 4.69) is 24.3 Å². The van der Waals surface area contributed by atoms with Crippen LogP contribution in [0.1, 0.15) is 50.1 Å². The van der Waals surface area contributed by atoms with E-state index in [9.17, 15) is 9.90 Å². The van der Waals surface area contributed by atoms with Crippen LogP contribution in [-0.2, 0) is 17.8 Å². The third-order valence-electron chi connectivity index (χ3n) is 4.68. The Morgan fingerprint density at radius 1 is 1.43 bits per heavy atom. The zero-order chi connectivity index (χ0) is 15.6. The van der Waals surface area contributed by atoms with E-state index in [0.29, 0.717) is 5.92 Å². The lowest BCUT2D eigenvalue weighted by Crippen LogP contribution is -2.47. The van der Waals surface area contributed by atoms with Crippen molar-refractivity contribution in [3.05, 3.63) is 17.0 Å². The van der Waals surface area contributed by atoms with E-state index in [1.807, 2.05) is 13.8 Å². The largest absolute Gasteiger partial charge is 0.393 e. The maximum Gasteiger partial charge on any atom is 0.241 e. The first-order chi connectivity index (χ1) is 9.96. The van der Waals surface area contributed by atoms with Gasteiger partial charge < -0.3 is 10.4 Å². The summed E-state index contributed by atoms with van der Waals surface area (Å²) in [6.07, 6.45) is 3.28. The molecule has 1 amide bonds. The van der Waals surface area contributed by atoms with E-state index in [-0.39, 0.29) is 24.6 Å². The van der Waals surface area contributed by atoms with Crippen molar-refractivity contribution in [2.75, 3.05) is 0 Å². The fourth-order valence-electron chi connectivity index (χ4n) is 3.30. The number of rotatable bonds is 6. The second-order valence-electron chi connectivity index (χ2n) is 6.13. The van der Waals surface area contributed by atoms with Crippen molar-refractivity contribution in [2.24, 2.45) is 5.92 Å². The fraction of sp³-hybridized carbons (Fsp3) is 0.750. The van der Waals surface area contributed by atoms with Crippen LogP contribution in [0.3, 0.4) is 0 Å². The summed E-state index contributed by atoms with van der Waals surface area (Å²) in [4.78, 5) is 12.2. The van der Waals surface area contributed by atoms with Gasteiger partial charge in [-0.15, -0.1) is 0 Å². The first-order valence-corrected chi connectivity index (χ1v) is 7.96. The first kappa shape index (κ1) is 16.0. The summed E-state index contributed by atoms with van der Waals surface area (Å²) in [7, 11) is 0. The molecule has 21 heavy (non-hydrogen) atoms. The van der Waals surface area contributed by atoms with Gasteiger partial charge in [-0.2, -0.15) is 5.10 Å². The van der Waals surface area contributed by atoms with Crippen molar-refractivity contribution < 1.29 is 9.90 Å². The predicted molar refractivity (Wildman–Crippen MR) is 82.0 cm³/mol. The van der Waals surface area contributed by atoms with Gasteiger partial charge in [-0.1, -0.05) is 13.8 Å². The zero-order valence-electron chi connectivity index (χ0n) is 13.5. The maximum absolute atomic E-state index is 12.2. The number of aliphatic hydroxyl groups is 1. The van der Waals surface area contributed by atoms with Gasteiger partial charge in [-0.05, 0) is 51.0 Å². The number of carbonyl (C=O) groups is 1. The Kier molecular flexibility index (Phi) is 5.04. The number of aryl methyl sites for hydroxylation is 1. The van der Waals surface area contributed by atoms with Crippen LogP contribution in [0.2, 0.25) is 0 Å². The highest BCUT2D eigenvalue weighted by molar-refractivity contribution is 5.76. The van der Waals surface area contributed by atoms with Gasteiger partial charge >= 0.3 is 0 Å². The van der Waals surface area contributed by atoms with Crippen LogP contribution >= 0.6 is 0 Å². The Bertz CT molecular complexity index is 504. The molecule has 5 heteroatoms. The molecule has 0 saturated heterocycles. The minimum Gasteiger partial charge on any atom is -0.393 e. The lowest BCUT2D eigenvalue weighted by atomic mass is 9.76. The second-order valence-corrected chi connectivity index (χ2v) is 6.13. The summed E-state index contributed by atoms with van der Waals surface area (Å²) in [5, 5.41) is 17.0. The minimum atomic E-state index is -0.177. The molecule has 1 aromatic rings. The average molecular weight is 293 g/mol. The molecule has 1 saturated carbocycles. The quantitative estimate of drug-likeness (QED) is 0.839. The highest BCUT2D eigenvalue weighted by atomic mass is 16.3. The van der Waals surface area contributed by atoms with Gasteiger partial charge in [0.25, 0.3) is 0 Å². The van der Waals surface area contributed by atoms with Crippen LogP contribution in [-0.4, -0.2) is 32.9 Å². The number of hydrogen-bond donors (Lipinski definition) is 2. The van der Waals surface area contributed by atoms with Crippen LogP contribution < -0.4 is 5.32 Å². The molecule has 0 aliphatic heterocycles. The standard InChI is InChI=1S/C16H27N3O2/c1-5-14-10(3)18-19(11(14)4)9-16(21)17-15(6-2)12-7-13(20)8-12/h12-13,15,20H,5-9H2,1-4H3,(H,17,21)/t12?,13?,15-/m1/s1. The Morgan fingerprint density at radius 2 is 2.10 bits per heavy atom. The van der Waals surface area contributed by atoms with E-state index in [1.54, 1.807) is 4.68 Å². The van der Waals surface area contributed by atoms with Gasteiger partial charge in [0, 0.05) is 11.7 Å². The second kappa shape index (κ2) is 6.60. The highest BCUT2D eigenvalue weighted by Gasteiger charge is 2.33. The van der Waals surface area contributed by atoms with E-state index in [4.69, 9.17) is 0 Å². The van der Waals surface area contributed by atoms with Crippen LogP contribution in [0, 0.1) is 19.8 Å². The van der Waals surface area contributed by atoms with Crippen LogP contribution in [0.15, 0.2) is 0 Å². The molecule has 0 spiro atoms. The highest BCUT2D eigenvalue weighted by Crippen LogP contribution is 2.31. The molecule has 2 N–H and O–H groups in total. The van der Waals surface area contributed by atoms with Crippen LogP contribution in [0.25, 0.3) is 0 Å². The molecule has 1 aliphatic carbocycles. The molecule has 0 unspecified atom stereocenters. The summed E-state index contributed by atoms with van der Waals surface area (Å²) < 4.78 is 1.80. The summed E-state index contributed by atoms with van der Waals surface area (Å²) in [5.41, 5.74) is 3.33. The van der Waals surface area contributed by atoms with Crippen LogP contribution in [0.5, 0.6) is 0 Å². The Morgan fingerprint density at radius 3 is 2.57 bits per heavy atom. The van der Waals surface area contributed by atoms with Crippen molar-refractivity contribution in [3.8, 4) is 0 Å². The summed E-state index contributed by atoms with van der Waals surface area (Å²) in [6.45, 7) is 8.47. The van der Waals surface area contributed by atoms with Gasteiger partial charge in [0.1, 0.15) is 6.54 Å². The number of nitrogens with zero attached hydrogens (tertiary/aromatic N) is 2. The Balaban J connectivity index is 1.95. The number of aliphatic hydroxyl groups excluding tert-OH is 1. The number of hydrogen-bond acceptors (Lipinski definition) is 3. The first-order valence-electron chi connectivity index (χ1n) is 7.96. The molecule has 0 aromatic carbocycles. The molecule has 0 radical (unpaired) electrons. The Hall–Kier alpha value is -1.36. The van der Waals surface area contributed by atoms with Gasteiger partial charge in [0.05, 0.1) is 11.8 Å². The molecule has 5 nitrogen and oxygen atoms in total. The maximum atomic E-state index is 12.2. The monoisotopic (exact) mass is 293 g/mol. The molecule has 0 bridgehead atoms. The molecule has 1 heterocycles. The fourth-order valence-corrected chi connectivity index (χ4v) is 3.30. The molecule has 118 valence electrons. The van der Waals surface area contributed by atoms with Gasteiger partial charge in [-0.25, -0.2) is 0 Å². The van der Waals surface area contributed by atoms with Crippen molar-refractivity contribution in [1.29, 1.82) is 0 Å². The molecule has 2 rings (SSSR count). The average Bonchev–Trinajstić information content (AvgIpc) is 2.67. The van der Waals surface area contributed by atoms with Crippen molar-refractivity contribution in [1.82, 2.24) is 15.1 Å². The zero-order valence-corrected chi connectivity index (χ0v) is 13.5. The number of carbonyl (C=O) groups excluding carboxylic acids is 1. The number of amides is 1. The van der Waals surface area contributed by atoms with Crippen molar-refractivity contribution in [3.63, 3.8) is 0 Å². The number of aromatic nitrogens is 2. The molecular formula is C16H27N3O2. The smallest absolute Gasteiger partial charge is 0.241 e. The molecule has 1 atom stereocenters. The normalized spacial score (nSPS) is 22.7. The SMILES string of the molecule is CCc1c(C)nn(CC(=O)N[C@H](CC)C2CC(O)C2)c1C. The molecular weight excluding hydrogens is 266 g/mol. The summed E-state index contributed by atoms with van der Waals surface area (Å²) in [6, 6.07) is 0.170. The summed E-state index contributed by atoms with van der Waals surface area (Å²) in [5.74, 6) is 0.428. The molecule has 1 aliphatic rings. The van der Waals surface area contributed by atoms with E-state index >= 15 is 0 Å². The van der Waals surface area contributed by atoms with Crippen LogP contribution in [0.4, 0.5) is 0 Å². The van der Waals surface area contributed by atoms with Gasteiger partial charge in [0.2, 0.25) is 5.91 Å². The molecule has 1 aromatic heterocycles. The lowest BCUT2D eigenvalue weighted by molar-refractivity contribution is -0.123. The predicted octanol–water partition coefficient (Wildman–Crippen LogP) is 1.73. The topological polar surface area (TPSA) is 67.2 Å². The summed E-state index contributed by atoms with van der Waals surface area (Å²) >= 11 is 0. The molecule has 1 fully saturated rings.